The molecule has 0 bridgehead atoms. The molecule has 4 nitrogen and oxygen atoms in total. The molecule has 20 heavy (non-hydrogen) atoms. The number of aromatic nitrogens is 2. The Balaban J connectivity index is 1.71. The molecule has 0 spiro atoms. The predicted molar refractivity (Wildman–Crippen MR) is 74.7 cm³/mol. The van der Waals surface area contributed by atoms with Crippen LogP contribution in [-0.2, 0) is 0 Å². The minimum absolute atomic E-state index is 0.140. The fourth-order valence-electron chi connectivity index (χ4n) is 2.25. The van der Waals surface area contributed by atoms with E-state index in [0.29, 0.717) is 17.6 Å². The van der Waals surface area contributed by atoms with Crippen LogP contribution in [-0.4, -0.2) is 10.1 Å². The molecule has 3 aromatic rings. The van der Waals surface area contributed by atoms with Gasteiger partial charge < -0.3 is 10.3 Å². The van der Waals surface area contributed by atoms with E-state index in [-0.39, 0.29) is 11.9 Å². The van der Waals surface area contributed by atoms with E-state index in [9.17, 15) is 4.39 Å². The number of hydrogen-bond donors (Lipinski definition) is 1. The van der Waals surface area contributed by atoms with Crippen molar-refractivity contribution in [2.75, 3.05) is 0 Å². The van der Waals surface area contributed by atoms with Crippen LogP contribution in [0.1, 0.15) is 24.7 Å². The summed E-state index contributed by atoms with van der Waals surface area (Å²) in [6.45, 7) is 0. The molecule has 4 rings (SSSR count). The summed E-state index contributed by atoms with van der Waals surface area (Å²) in [6, 6.07) is 6.49. The van der Waals surface area contributed by atoms with Gasteiger partial charge in [-0.2, -0.15) is 4.98 Å². The van der Waals surface area contributed by atoms with Crippen molar-refractivity contribution in [3.05, 3.63) is 35.9 Å². The van der Waals surface area contributed by atoms with Crippen molar-refractivity contribution in [3.63, 3.8) is 0 Å². The van der Waals surface area contributed by atoms with E-state index in [1.165, 1.54) is 23.5 Å². The zero-order valence-electron chi connectivity index (χ0n) is 10.5. The third-order valence-corrected chi connectivity index (χ3v) is 4.65. The predicted octanol–water partition coefficient (Wildman–Crippen LogP) is 3.50. The lowest BCUT2D eigenvalue weighted by atomic mass is 10.2. The van der Waals surface area contributed by atoms with E-state index in [2.05, 4.69) is 10.1 Å². The third kappa shape index (κ3) is 2.01. The highest BCUT2D eigenvalue weighted by Crippen LogP contribution is 2.39. The van der Waals surface area contributed by atoms with Gasteiger partial charge in [0.15, 0.2) is 5.82 Å². The molecule has 1 unspecified atom stereocenters. The Kier molecular flexibility index (Phi) is 2.61. The van der Waals surface area contributed by atoms with E-state index in [4.69, 9.17) is 10.3 Å². The molecular weight excluding hydrogens is 277 g/mol. The maximum absolute atomic E-state index is 13.2. The van der Waals surface area contributed by atoms with Crippen molar-refractivity contribution in [1.82, 2.24) is 10.1 Å². The van der Waals surface area contributed by atoms with Crippen LogP contribution < -0.4 is 5.73 Å². The molecule has 0 radical (unpaired) electrons. The molecule has 0 aliphatic heterocycles. The molecule has 2 aromatic heterocycles. The lowest BCUT2D eigenvalue weighted by Crippen LogP contribution is -2.13. The summed E-state index contributed by atoms with van der Waals surface area (Å²) in [5.74, 6) is 1.26. The van der Waals surface area contributed by atoms with E-state index in [1.807, 2.05) is 6.07 Å². The number of nitrogens with two attached hydrogens (primary N) is 1. The Morgan fingerprint density at radius 1 is 1.35 bits per heavy atom. The quantitative estimate of drug-likeness (QED) is 0.801. The molecule has 0 saturated heterocycles. The highest BCUT2D eigenvalue weighted by molar-refractivity contribution is 7.22. The van der Waals surface area contributed by atoms with Crippen LogP contribution in [0.5, 0.6) is 0 Å². The first-order valence-electron chi connectivity index (χ1n) is 6.49. The van der Waals surface area contributed by atoms with Crippen molar-refractivity contribution in [1.29, 1.82) is 0 Å². The summed E-state index contributed by atoms with van der Waals surface area (Å²) in [6.07, 6.45) is 2.26. The molecule has 1 aromatic carbocycles. The minimum Gasteiger partial charge on any atom is -0.333 e. The van der Waals surface area contributed by atoms with Gasteiger partial charge >= 0.3 is 0 Å². The van der Waals surface area contributed by atoms with Crippen LogP contribution >= 0.6 is 11.3 Å². The zero-order chi connectivity index (χ0) is 13.7. The summed E-state index contributed by atoms with van der Waals surface area (Å²) >= 11 is 1.44. The van der Waals surface area contributed by atoms with E-state index in [0.717, 1.165) is 27.8 Å². The SMILES string of the molecule is NC(c1noc(-c2cc3ccc(F)cc3s2)n1)C1CC1. The van der Waals surface area contributed by atoms with Crippen molar-refractivity contribution in [3.8, 4) is 10.8 Å². The monoisotopic (exact) mass is 289 g/mol. The van der Waals surface area contributed by atoms with Crippen molar-refractivity contribution in [2.45, 2.75) is 18.9 Å². The molecule has 2 heterocycles. The molecule has 102 valence electrons. The standard InChI is InChI=1S/C14H12FN3OS/c15-9-4-3-8-5-11(20-10(8)6-9)14-17-13(18-19-14)12(16)7-1-2-7/h3-7,12H,1-2,16H2. The fourth-order valence-corrected chi connectivity index (χ4v) is 3.26. The van der Waals surface area contributed by atoms with Crippen LogP contribution in [0.2, 0.25) is 0 Å². The van der Waals surface area contributed by atoms with Crippen LogP contribution in [0, 0.1) is 11.7 Å². The molecule has 1 fully saturated rings. The lowest BCUT2D eigenvalue weighted by Gasteiger charge is -2.01. The molecule has 2 N–H and O–H groups in total. The molecule has 0 amide bonds. The average molecular weight is 289 g/mol. The van der Waals surface area contributed by atoms with E-state index < -0.39 is 0 Å². The van der Waals surface area contributed by atoms with Gasteiger partial charge in [-0.15, -0.1) is 11.3 Å². The van der Waals surface area contributed by atoms with E-state index in [1.54, 1.807) is 6.07 Å². The van der Waals surface area contributed by atoms with Gasteiger partial charge in [0.05, 0.1) is 10.9 Å². The Morgan fingerprint density at radius 2 is 2.20 bits per heavy atom. The smallest absolute Gasteiger partial charge is 0.268 e. The molecule has 6 heteroatoms. The van der Waals surface area contributed by atoms with Crippen LogP contribution in [0.4, 0.5) is 4.39 Å². The van der Waals surface area contributed by atoms with Gasteiger partial charge in [0.2, 0.25) is 0 Å². The summed E-state index contributed by atoms with van der Waals surface area (Å²) in [7, 11) is 0. The maximum atomic E-state index is 13.2. The third-order valence-electron chi connectivity index (χ3n) is 3.56. The summed E-state index contributed by atoms with van der Waals surface area (Å²) in [5.41, 5.74) is 6.06. The van der Waals surface area contributed by atoms with Crippen LogP contribution in [0.15, 0.2) is 28.8 Å². The van der Waals surface area contributed by atoms with Crippen LogP contribution in [0.3, 0.4) is 0 Å². The molecule has 1 atom stereocenters. The Bertz CT molecular complexity index is 778. The average Bonchev–Trinajstić information content (AvgIpc) is 3.01. The molecule has 1 aliphatic rings. The second kappa shape index (κ2) is 4.36. The first kappa shape index (κ1) is 12.0. The Morgan fingerprint density at radius 3 is 3.00 bits per heavy atom. The number of rotatable bonds is 3. The number of hydrogen-bond acceptors (Lipinski definition) is 5. The first-order chi connectivity index (χ1) is 9.70. The van der Waals surface area contributed by atoms with Crippen molar-refractivity contribution < 1.29 is 8.91 Å². The molecule has 1 aliphatic carbocycles. The number of benzene rings is 1. The molecular formula is C14H12FN3OS. The highest BCUT2D eigenvalue weighted by atomic mass is 32.1. The van der Waals surface area contributed by atoms with Gasteiger partial charge in [-0.25, -0.2) is 4.39 Å². The normalized spacial score (nSPS) is 16.7. The number of nitrogens with zero attached hydrogens (tertiary/aromatic N) is 2. The summed E-state index contributed by atoms with van der Waals surface area (Å²) in [5, 5.41) is 4.93. The van der Waals surface area contributed by atoms with Gasteiger partial charge in [-0.1, -0.05) is 11.2 Å². The van der Waals surface area contributed by atoms with Crippen molar-refractivity contribution >= 4 is 21.4 Å². The number of halogens is 1. The lowest BCUT2D eigenvalue weighted by molar-refractivity contribution is 0.412. The molecule has 1 saturated carbocycles. The first-order valence-corrected chi connectivity index (χ1v) is 7.31. The second-order valence-corrected chi connectivity index (χ2v) is 6.20. The van der Waals surface area contributed by atoms with Gasteiger partial charge in [0.1, 0.15) is 5.82 Å². The Hall–Kier alpha value is -1.79. The fraction of sp³-hybridized carbons (Fsp3) is 0.286. The Labute approximate surface area is 118 Å². The topological polar surface area (TPSA) is 64.9 Å². The van der Waals surface area contributed by atoms with Gasteiger partial charge in [-0.05, 0) is 42.3 Å². The zero-order valence-corrected chi connectivity index (χ0v) is 11.4. The van der Waals surface area contributed by atoms with Gasteiger partial charge in [0, 0.05) is 4.70 Å². The van der Waals surface area contributed by atoms with Crippen LogP contribution in [0.25, 0.3) is 20.9 Å². The summed E-state index contributed by atoms with van der Waals surface area (Å²) < 4.78 is 19.3. The van der Waals surface area contributed by atoms with Gasteiger partial charge in [0.25, 0.3) is 5.89 Å². The maximum Gasteiger partial charge on any atom is 0.268 e. The number of thiophene rings is 1. The minimum atomic E-state index is -0.243. The summed E-state index contributed by atoms with van der Waals surface area (Å²) in [4.78, 5) is 5.21. The highest BCUT2D eigenvalue weighted by Gasteiger charge is 2.32. The van der Waals surface area contributed by atoms with E-state index >= 15 is 0 Å². The largest absolute Gasteiger partial charge is 0.333 e. The number of fused-ring (bicyclic) bond motifs is 1. The van der Waals surface area contributed by atoms with Crippen molar-refractivity contribution in [2.24, 2.45) is 11.7 Å². The van der Waals surface area contributed by atoms with Gasteiger partial charge in [-0.3, -0.25) is 0 Å². The second-order valence-electron chi connectivity index (χ2n) is 5.11.